The number of piperazine rings is 1. The van der Waals surface area contributed by atoms with Crippen LogP contribution in [-0.2, 0) is 17.8 Å². The molecule has 0 aliphatic carbocycles. The summed E-state index contributed by atoms with van der Waals surface area (Å²) in [5, 5.41) is 2.82. The molecule has 1 atom stereocenters. The largest absolute Gasteiger partial charge is 0.353 e. The number of carbonyl (C=O) groups excluding carboxylic acids is 2. The maximum Gasteiger partial charge on any atom is 0.254 e. The van der Waals surface area contributed by atoms with Gasteiger partial charge in [0.05, 0.1) is 0 Å². The van der Waals surface area contributed by atoms with Crippen LogP contribution in [-0.4, -0.2) is 40.4 Å². The van der Waals surface area contributed by atoms with Crippen molar-refractivity contribution in [3.8, 4) is 0 Å². The second-order valence-electron chi connectivity index (χ2n) is 6.03. The Hall–Kier alpha value is -2.89. The van der Waals surface area contributed by atoms with Crippen LogP contribution < -0.4 is 10.9 Å². The molecule has 3 rings (SSSR count). The maximum atomic E-state index is 12.9. The Morgan fingerprint density at radius 3 is 2.64 bits per heavy atom. The topological polar surface area (TPSA) is 71.4 Å². The second-order valence-corrected chi connectivity index (χ2v) is 6.03. The number of benzene rings is 1. The fourth-order valence-electron chi connectivity index (χ4n) is 3.07. The number of hydrogen-bond acceptors (Lipinski definition) is 3. The predicted molar refractivity (Wildman–Crippen MR) is 94.4 cm³/mol. The number of amides is 2. The number of rotatable bonds is 4. The SMILES string of the molecule is CCn1ccc(C(=O)N2CCNC(=O)[C@H]2Cc2ccccc2)cc1=O. The van der Waals surface area contributed by atoms with Crippen LogP contribution in [0.25, 0.3) is 0 Å². The van der Waals surface area contributed by atoms with Crippen molar-refractivity contribution in [2.75, 3.05) is 13.1 Å². The quantitative estimate of drug-likeness (QED) is 0.905. The Balaban J connectivity index is 1.87. The molecule has 2 heterocycles. The van der Waals surface area contributed by atoms with Crippen LogP contribution in [0.4, 0.5) is 0 Å². The molecule has 1 aromatic heterocycles. The standard InChI is InChI=1S/C19H21N3O3/c1-2-21-10-8-15(13-17(21)23)19(25)22-11-9-20-18(24)16(22)12-14-6-4-3-5-7-14/h3-8,10,13,16H,2,9,11-12H2,1H3,(H,20,24)/t16-/m1/s1. The van der Waals surface area contributed by atoms with Gasteiger partial charge in [0.25, 0.3) is 11.5 Å². The Kier molecular flexibility index (Phi) is 4.97. The predicted octanol–water partition coefficient (Wildman–Crippen LogP) is 1.05. The first kappa shape index (κ1) is 17.0. The van der Waals surface area contributed by atoms with Gasteiger partial charge in [-0.2, -0.15) is 0 Å². The molecule has 1 aliphatic rings. The molecule has 0 spiro atoms. The van der Waals surface area contributed by atoms with Crippen molar-refractivity contribution in [2.45, 2.75) is 25.9 Å². The van der Waals surface area contributed by atoms with E-state index in [1.807, 2.05) is 37.3 Å². The summed E-state index contributed by atoms with van der Waals surface area (Å²) in [5.74, 6) is -0.443. The van der Waals surface area contributed by atoms with Gasteiger partial charge in [0.15, 0.2) is 0 Å². The van der Waals surface area contributed by atoms with E-state index in [0.29, 0.717) is 31.6 Å². The van der Waals surface area contributed by atoms with E-state index in [0.717, 1.165) is 5.56 Å². The normalized spacial score (nSPS) is 17.2. The van der Waals surface area contributed by atoms with Gasteiger partial charge in [0, 0.05) is 43.9 Å². The molecule has 0 radical (unpaired) electrons. The van der Waals surface area contributed by atoms with Crippen molar-refractivity contribution in [1.29, 1.82) is 0 Å². The van der Waals surface area contributed by atoms with Gasteiger partial charge in [-0.15, -0.1) is 0 Å². The van der Waals surface area contributed by atoms with Crippen molar-refractivity contribution < 1.29 is 9.59 Å². The van der Waals surface area contributed by atoms with Crippen LogP contribution in [0.2, 0.25) is 0 Å². The van der Waals surface area contributed by atoms with Crippen LogP contribution >= 0.6 is 0 Å². The third-order valence-electron chi connectivity index (χ3n) is 4.45. The molecular weight excluding hydrogens is 318 g/mol. The molecule has 25 heavy (non-hydrogen) atoms. The minimum Gasteiger partial charge on any atom is -0.353 e. The lowest BCUT2D eigenvalue weighted by Gasteiger charge is -2.35. The van der Waals surface area contributed by atoms with E-state index in [4.69, 9.17) is 0 Å². The Labute approximate surface area is 146 Å². The van der Waals surface area contributed by atoms with Gasteiger partial charge >= 0.3 is 0 Å². The van der Waals surface area contributed by atoms with Gasteiger partial charge in [-0.1, -0.05) is 30.3 Å². The van der Waals surface area contributed by atoms with E-state index in [-0.39, 0.29) is 17.4 Å². The van der Waals surface area contributed by atoms with Crippen molar-refractivity contribution in [3.05, 3.63) is 70.1 Å². The molecule has 6 nitrogen and oxygen atoms in total. The monoisotopic (exact) mass is 339 g/mol. The summed E-state index contributed by atoms with van der Waals surface area (Å²) < 4.78 is 1.53. The van der Waals surface area contributed by atoms with Crippen LogP contribution in [0, 0.1) is 0 Å². The van der Waals surface area contributed by atoms with Gasteiger partial charge < -0.3 is 14.8 Å². The van der Waals surface area contributed by atoms with Crippen molar-refractivity contribution >= 4 is 11.8 Å². The Bertz CT molecular complexity index is 829. The van der Waals surface area contributed by atoms with E-state index in [1.54, 1.807) is 17.2 Å². The van der Waals surface area contributed by atoms with Crippen LogP contribution in [0.5, 0.6) is 0 Å². The van der Waals surface area contributed by atoms with Crippen LogP contribution in [0.15, 0.2) is 53.5 Å². The van der Waals surface area contributed by atoms with Crippen LogP contribution in [0.3, 0.4) is 0 Å². The number of hydrogen-bond donors (Lipinski definition) is 1. The number of pyridine rings is 1. The third kappa shape index (κ3) is 3.63. The first-order chi connectivity index (χ1) is 12.1. The highest BCUT2D eigenvalue weighted by Crippen LogP contribution is 2.15. The highest BCUT2D eigenvalue weighted by Gasteiger charge is 2.33. The minimum absolute atomic E-state index is 0.162. The maximum absolute atomic E-state index is 12.9. The Morgan fingerprint density at radius 1 is 1.20 bits per heavy atom. The zero-order valence-corrected chi connectivity index (χ0v) is 14.1. The number of aryl methyl sites for hydroxylation is 1. The smallest absolute Gasteiger partial charge is 0.254 e. The number of nitrogens with one attached hydrogen (secondary N) is 1. The van der Waals surface area contributed by atoms with E-state index in [1.165, 1.54) is 10.6 Å². The summed E-state index contributed by atoms with van der Waals surface area (Å²) in [6, 6.07) is 12.0. The summed E-state index contributed by atoms with van der Waals surface area (Å²) in [7, 11) is 0. The molecule has 2 amide bonds. The molecule has 130 valence electrons. The molecule has 2 aromatic rings. The number of aromatic nitrogens is 1. The molecule has 1 saturated heterocycles. The van der Waals surface area contributed by atoms with Crippen LogP contribution in [0.1, 0.15) is 22.8 Å². The highest BCUT2D eigenvalue weighted by atomic mass is 16.2. The molecule has 0 saturated carbocycles. The van der Waals surface area contributed by atoms with Gasteiger partial charge in [-0.3, -0.25) is 14.4 Å². The molecule has 6 heteroatoms. The highest BCUT2D eigenvalue weighted by molar-refractivity contribution is 5.98. The first-order valence-corrected chi connectivity index (χ1v) is 8.43. The number of carbonyl (C=O) groups is 2. The molecule has 1 aromatic carbocycles. The molecule has 1 fully saturated rings. The lowest BCUT2D eigenvalue weighted by atomic mass is 10.0. The lowest BCUT2D eigenvalue weighted by Crippen LogP contribution is -2.58. The fraction of sp³-hybridized carbons (Fsp3) is 0.316. The third-order valence-corrected chi connectivity index (χ3v) is 4.45. The lowest BCUT2D eigenvalue weighted by molar-refractivity contribution is -0.127. The summed E-state index contributed by atoms with van der Waals surface area (Å²) in [6.07, 6.45) is 2.07. The molecule has 0 bridgehead atoms. The van der Waals surface area contributed by atoms with E-state index in [9.17, 15) is 14.4 Å². The van der Waals surface area contributed by atoms with Crippen molar-refractivity contribution in [1.82, 2.24) is 14.8 Å². The second kappa shape index (κ2) is 7.34. The zero-order valence-electron chi connectivity index (χ0n) is 14.1. The fourth-order valence-corrected chi connectivity index (χ4v) is 3.07. The average Bonchev–Trinajstić information content (AvgIpc) is 2.63. The molecule has 1 N–H and O–H groups in total. The first-order valence-electron chi connectivity index (χ1n) is 8.43. The van der Waals surface area contributed by atoms with Gasteiger partial charge in [-0.25, -0.2) is 0 Å². The van der Waals surface area contributed by atoms with Gasteiger partial charge in [-0.05, 0) is 18.6 Å². The Morgan fingerprint density at radius 2 is 1.96 bits per heavy atom. The number of nitrogens with zero attached hydrogens (tertiary/aromatic N) is 2. The van der Waals surface area contributed by atoms with Gasteiger partial charge in [0.2, 0.25) is 5.91 Å². The summed E-state index contributed by atoms with van der Waals surface area (Å²) in [5.41, 5.74) is 1.10. The minimum atomic E-state index is -0.572. The van der Waals surface area contributed by atoms with Crippen molar-refractivity contribution in [2.24, 2.45) is 0 Å². The summed E-state index contributed by atoms with van der Waals surface area (Å²) in [6.45, 7) is 3.27. The zero-order chi connectivity index (χ0) is 17.8. The van der Waals surface area contributed by atoms with E-state index >= 15 is 0 Å². The van der Waals surface area contributed by atoms with E-state index in [2.05, 4.69) is 5.32 Å². The van der Waals surface area contributed by atoms with Gasteiger partial charge in [0.1, 0.15) is 6.04 Å². The van der Waals surface area contributed by atoms with Crippen molar-refractivity contribution in [3.63, 3.8) is 0 Å². The summed E-state index contributed by atoms with van der Waals surface area (Å²) >= 11 is 0. The summed E-state index contributed by atoms with van der Waals surface area (Å²) in [4.78, 5) is 38.8. The molecule has 0 unspecified atom stereocenters. The molecule has 1 aliphatic heterocycles. The van der Waals surface area contributed by atoms with E-state index < -0.39 is 6.04 Å². The molecular formula is C19H21N3O3. The average molecular weight is 339 g/mol.